The smallest absolute Gasteiger partial charge is 0.256 e. The number of carbonyl (C=O) groups excluding carboxylic acids is 2. The van der Waals surface area contributed by atoms with Gasteiger partial charge in [-0.25, -0.2) is 0 Å². The molecule has 92 valence electrons. The second-order valence-corrected chi connectivity index (χ2v) is 3.58. The molecule has 0 spiro atoms. The van der Waals surface area contributed by atoms with E-state index in [-0.39, 0.29) is 18.0 Å². The molecule has 0 unspecified atom stereocenters. The summed E-state index contributed by atoms with van der Waals surface area (Å²) in [6, 6.07) is 4.75. The molecule has 1 aromatic carbocycles. The van der Waals surface area contributed by atoms with E-state index in [0.717, 1.165) is 0 Å². The van der Waals surface area contributed by atoms with Crippen LogP contribution in [0.4, 0.5) is 5.69 Å². The van der Waals surface area contributed by atoms with Gasteiger partial charge in [-0.2, -0.15) is 0 Å². The first-order valence-electron chi connectivity index (χ1n) is 4.93. The third-order valence-electron chi connectivity index (χ3n) is 2.23. The van der Waals surface area contributed by atoms with Crippen molar-refractivity contribution in [3.63, 3.8) is 0 Å². The highest BCUT2D eigenvalue weighted by atomic mass is 16.5. The summed E-state index contributed by atoms with van der Waals surface area (Å²) >= 11 is 0. The third kappa shape index (κ3) is 3.10. The summed E-state index contributed by atoms with van der Waals surface area (Å²) in [5.74, 6) is -0.433. The largest absolute Gasteiger partial charge is 0.497 e. The number of carbonyl (C=O) groups is 2. The van der Waals surface area contributed by atoms with Crippen LogP contribution in [0.25, 0.3) is 0 Å². The molecule has 6 heteroatoms. The number of hydrogen-bond acceptors (Lipinski definition) is 4. The Morgan fingerprint density at radius 2 is 2.06 bits per heavy atom. The van der Waals surface area contributed by atoms with E-state index < -0.39 is 5.91 Å². The predicted molar refractivity (Wildman–Crippen MR) is 63.6 cm³/mol. The van der Waals surface area contributed by atoms with Crippen LogP contribution in [0, 0.1) is 0 Å². The number of hydrogen-bond donors (Lipinski definition) is 2. The number of amides is 2. The van der Waals surface area contributed by atoms with Crippen LogP contribution in [0.2, 0.25) is 0 Å². The zero-order valence-corrected chi connectivity index (χ0v) is 9.77. The molecule has 0 bridgehead atoms. The van der Waals surface area contributed by atoms with Crippen LogP contribution >= 0.6 is 0 Å². The van der Waals surface area contributed by atoms with Crippen LogP contribution in [0.15, 0.2) is 18.2 Å². The molecule has 1 rings (SSSR count). The number of methoxy groups -OCH3 is 1. The van der Waals surface area contributed by atoms with Gasteiger partial charge in [-0.05, 0) is 18.2 Å². The molecule has 0 saturated heterocycles. The molecule has 0 atom stereocenters. The van der Waals surface area contributed by atoms with Gasteiger partial charge in [-0.3, -0.25) is 9.59 Å². The van der Waals surface area contributed by atoms with Crippen molar-refractivity contribution in [2.75, 3.05) is 26.4 Å². The third-order valence-corrected chi connectivity index (χ3v) is 2.23. The number of nitrogens with two attached hydrogens (primary N) is 2. The van der Waals surface area contributed by atoms with Crippen molar-refractivity contribution in [2.24, 2.45) is 5.73 Å². The zero-order chi connectivity index (χ0) is 13.0. The lowest BCUT2D eigenvalue weighted by atomic mass is 10.1. The highest BCUT2D eigenvalue weighted by Crippen LogP contribution is 2.20. The molecule has 2 amide bonds. The zero-order valence-electron chi connectivity index (χ0n) is 9.77. The van der Waals surface area contributed by atoms with Crippen molar-refractivity contribution in [3.8, 4) is 5.75 Å². The van der Waals surface area contributed by atoms with Gasteiger partial charge in [-0.1, -0.05) is 0 Å². The van der Waals surface area contributed by atoms with Gasteiger partial charge in [0.15, 0.2) is 0 Å². The van der Waals surface area contributed by atoms with Crippen LogP contribution in [0.1, 0.15) is 10.4 Å². The summed E-state index contributed by atoms with van der Waals surface area (Å²) < 4.78 is 5.00. The van der Waals surface area contributed by atoms with E-state index in [2.05, 4.69) is 0 Å². The maximum Gasteiger partial charge on any atom is 0.256 e. The maximum atomic E-state index is 12.0. The number of nitrogens with zero attached hydrogens (tertiary/aromatic N) is 1. The van der Waals surface area contributed by atoms with Gasteiger partial charge in [0, 0.05) is 12.7 Å². The number of ether oxygens (including phenoxy) is 1. The van der Waals surface area contributed by atoms with Crippen LogP contribution in [-0.2, 0) is 4.79 Å². The fraction of sp³-hybridized carbons (Fsp3) is 0.273. The average molecular weight is 237 g/mol. The van der Waals surface area contributed by atoms with Crippen molar-refractivity contribution < 1.29 is 14.3 Å². The molecule has 0 fully saturated rings. The van der Waals surface area contributed by atoms with Gasteiger partial charge in [-0.15, -0.1) is 0 Å². The fourth-order valence-electron chi connectivity index (χ4n) is 1.36. The van der Waals surface area contributed by atoms with E-state index in [0.29, 0.717) is 11.4 Å². The Labute approximate surface area is 99.1 Å². The Morgan fingerprint density at radius 1 is 1.41 bits per heavy atom. The standard InChI is InChI=1S/C11H15N3O3/c1-14(6-10(13)15)11(16)8-5-7(17-2)3-4-9(8)12/h3-5H,6,12H2,1-2H3,(H2,13,15). The highest BCUT2D eigenvalue weighted by Gasteiger charge is 2.16. The molecule has 0 saturated carbocycles. The summed E-state index contributed by atoms with van der Waals surface area (Å²) in [6.45, 7) is -0.157. The van der Waals surface area contributed by atoms with Crippen LogP contribution < -0.4 is 16.2 Å². The fourth-order valence-corrected chi connectivity index (χ4v) is 1.36. The number of anilines is 1. The monoisotopic (exact) mass is 237 g/mol. The molecular weight excluding hydrogens is 222 g/mol. The molecular formula is C11H15N3O3. The number of likely N-dealkylation sites (N-methyl/N-ethyl adjacent to an activating group) is 1. The normalized spacial score (nSPS) is 9.76. The Bertz CT molecular complexity index is 446. The number of nitrogen functional groups attached to an aromatic ring is 1. The molecule has 0 radical (unpaired) electrons. The minimum atomic E-state index is -0.581. The minimum Gasteiger partial charge on any atom is -0.497 e. The lowest BCUT2D eigenvalue weighted by Gasteiger charge is -2.16. The van der Waals surface area contributed by atoms with Crippen molar-refractivity contribution in [1.82, 2.24) is 4.90 Å². The maximum absolute atomic E-state index is 12.0. The van der Waals surface area contributed by atoms with Crippen LogP contribution in [0.5, 0.6) is 5.75 Å². The van der Waals surface area contributed by atoms with Gasteiger partial charge in [0.05, 0.1) is 19.2 Å². The van der Waals surface area contributed by atoms with Crippen molar-refractivity contribution >= 4 is 17.5 Å². The summed E-state index contributed by atoms with van der Waals surface area (Å²) in [7, 11) is 2.97. The Balaban J connectivity index is 2.98. The number of rotatable bonds is 4. The first-order chi connectivity index (χ1) is 7.95. The van der Waals surface area contributed by atoms with Crippen LogP contribution in [-0.4, -0.2) is 37.4 Å². The van der Waals surface area contributed by atoms with E-state index in [9.17, 15) is 9.59 Å². The second-order valence-electron chi connectivity index (χ2n) is 3.58. The Hall–Kier alpha value is -2.24. The molecule has 0 aliphatic rings. The SMILES string of the molecule is COc1ccc(N)c(C(=O)N(C)CC(N)=O)c1. The molecule has 4 N–H and O–H groups in total. The van der Waals surface area contributed by atoms with E-state index in [1.165, 1.54) is 25.1 Å². The number of benzene rings is 1. The molecule has 6 nitrogen and oxygen atoms in total. The summed E-state index contributed by atoms with van der Waals surface area (Å²) in [6.07, 6.45) is 0. The Morgan fingerprint density at radius 3 is 2.59 bits per heavy atom. The summed E-state index contributed by atoms with van der Waals surface area (Å²) in [5.41, 5.74) is 11.3. The highest BCUT2D eigenvalue weighted by molar-refractivity contribution is 6.00. The van der Waals surface area contributed by atoms with Crippen molar-refractivity contribution in [1.29, 1.82) is 0 Å². The average Bonchev–Trinajstić information content (AvgIpc) is 2.28. The second kappa shape index (κ2) is 5.20. The van der Waals surface area contributed by atoms with Gasteiger partial charge in [0.25, 0.3) is 5.91 Å². The van der Waals surface area contributed by atoms with Gasteiger partial charge in [0.1, 0.15) is 5.75 Å². The van der Waals surface area contributed by atoms with Gasteiger partial charge < -0.3 is 21.1 Å². The summed E-state index contributed by atoms with van der Waals surface area (Å²) in [5, 5.41) is 0. The lowest BCUT2D eigenvalue weighted by Crippen LogP contribution is -2.35. The molecule has 0 aliphatic carbocycles. The van der Waals surface area contributed by atoms with E-state index >= 15 is 0 Å². The van der Waals surface area contributed by atoms with Crippen molar-refractivity contribution in [3.05, 3.63) is 23.8 Å². The van der Waals surface area contributed by atoms with Gasteiger partial charge in [0.2, 0.25) is 5.91 Å². The van der Waals surface area contributed by atoms with E-state index in [1.54, 1.807) is 12.1 Å². The first-order valence-corrected chi connectivity index (χ1v) is 4.93. The van der Waals surface area contributed by atoms with Crippen LogP contribution in [0.3, 0.4) is 0 Å². The predicted octanol–water partition coefficient (Wildman–Crippen LogP) is -0.165. The Kier molecular flexibility index (Phi) is 3.92. The molecule has 0 aromatic heterocycles. The quantitative estimate of drug-likeness (QED) is 0.710. The summed E-state index contributed by atoms with van der Waals surface area (Å²) in [4.78, 5) is 23.9. The molecule has 0 heterocycles. The number of primary amides is 1. The first kappa shape index (κ1) is 12.8. The minimum absolute atomic E-state index is 0.157. The molecule has 1 aromatic rings. The van der Waals surface area contributed by atoms with E-state index in [1.807, 2.05) is 0 Å². The molecule has 17 heavy (non-hydrogen) atoms. The molecule has 0 aliphatic heterocycles. The van der Waals surface area contributed by atoms with E-state index in [4.69, 9.17) is 16.2 Å². The topological polar surface area (TPSA) is 98.7 Å². The van der Waals surface area contributed by atoms with Crippen molar-refractivity contribution in [2.45, 2.75) is 0 Å². The van der Waals surface area contributed by atoms with Gasteiger partial charge >= 0.3 is 0 Å². The lowest BCUT2D eigenvalue weighted by molar-refractivity contribution is -0.118.